The fourth-order valence-corrected chi connectivity index (χ4v) is 3.08. The Hall–Kier alpha value is -0.240. The molecule has 0 spiro atoms. The fraction of sp³-hybridized carbons (Fsp3) is 1.00. The predicted molar refractivity (Wildman–Crippen MR) is 106 cm³/mol. The predicted octanol–water partition coefficient (Wildman–Crippen LogP) is 3.94. The van der Waals surface area contributed by atoms with Gasteiger partial charge in [-0.3, -0.25) is 0 Å². The number of hydrogen-bond acceptors (Lipinski definition) is 6. The van der Waals surface area contributed by atoms with Crippen LogP contribution in [0.1, 0.15) is 69.2 Å². The van der Waals surface area contributed by atoms with Gasteiger partial charge in [0.15, 0.2) is 6.29 Å². The lowest BCUT2D eigenvalue weighted by atomic mass is 9.97. The van der Waals surface area contributed by atoms with Gasteiger partial charge in [0, 0.05) is 0 Å². The van der Waals surface area contributed by atoms with Crippen LogP contribution in [0.15, 0.2) is 0 Å². The molecule has 1 rings (SSSR count). The Balaban J connectivity index is 3.19. The van der Waals surface area contributed by atoms with Crippen molar-refractivity contribution in [3.8, 4) is 0 Å². The SMILES string of the molecule is CC(C)OCC1OC(OC(C)C)C(OC(C)C)C(OC(C)C)C1OC(C)C. The van der Waals surface area contributed by atoms with E-state index in [1.165, 1.54) is 0 Å². The maximum absolute atomic E-state index is 6.31. The summed E-state index contributed by atoms with van der Waals surface area (Å²) in [5.74, 6) is 0. The van der Waals surface area contributed by atoms with E-state index < -0.39 is 6.29 Å². The van der Waals surface area contributed by atoms with E-state index in [9.17, 15) is 0 Å². The van der Waals surface area contributed by atoms with Crippen molar-refractivity contribution in [2.75, 3.05) is 6.61 Å². The van der Waals surface area contributed by atoms with Crippen LogP contribution >= 0.6 is 0 Å². The Kier molecular flexibility index (Phi) is 10.7. The van der Waals surface area contributed by atoms with Crippen molar-refractivity contribution in [1.29, 1.82) is 0 Å². The summed E-state index contributed by atoms with van der Waals surface area (Å²) in [5, 5.41) is 0. The summed E-state index contributed by atoms with van der Waals surface area (Å²) in [5.41, 5.74) is 0. The van der Waals surface area contributed by atoms with E-state index >= 15 is 0 Å². The number of hydrogen-bond donors (Lipinski definition) is 0. The first kappa shape index (κ1) is 24.8. The van der Waals surface area contributed by atoms with Crippen LogP contribution in [0, 0.1) is 0 Å². The highest BCUT2D eigenvalue weighted by Gasteiger charge is 2.50. The molecule has 0 saturated carbocycles. The largest absolute Gasteiger partial charge is 0.376 e. The molecule has 6 nitrogen and oxygen atoms in total. The molecule has 0 aliphatic carbocycles. The molecule has 1 aliphatic rings. The molecular weight excluding hydrogens is 348 g/mol. The Morgan fingerprint density at radius 3 is 1.44 bits per heavy atom. The second-order valence-corrected chi connectivity index (χ2v) is 8.56. The first-order valence-corrected chi connectivity index (χ1v) is 10.4. The molecule has 0 aromatic carbocycles. The van der Waals surface area contributed by atoms with Gasteiger partial charge in [0.2, 0.25) is 0 Å². The number of rotatable bonds is 11. The van der Waals surface area contributed by atoms with Crippen molar-refractivity contribution in [2.45, 2.75) is 130 Å². The van der Waals surface area contributed by atoms with E-state index in [2.05, 4.69) is 0 Å². The van der Waals surface area contributed by atoms with E-state index in [1.807, 2.05) is 69.2 Å². The Morgan fingerprint density at radius 2 is 1.00 bits per heavy atom. The van der Waals surface area contributed by atoms with Gasteiger partial charge in [-0.15, -0.1) is 0 Å². The van der Waals surface area contributed by atoms with Crippen LogP contribution in [0.25, 0.3) is 0 Å². The molecule has 0 aromatic rings. The highest BCUT2D eigenvalue weighted by molar-refractivity contribution is 4.94. The molecule has 0 radical (unpaired) electrons. The molecule has 0 amide bonds. The molecular formula is C21H42O6. The molecule has 0 aromatic heterocycles. The summed E-state index contributed by atoms with van der Waals surface area (Å²) >= 11 is 0. The van der Waals surface area contributed by atoms with Crippen LogP contribution in [0.3, 0.4) is 0 Å². The van der Waals surface area contributed by atoms with E-state index in [0.717, 1.165) is 0 Å². The minimum Gasteiger partial charge on any atom is -0.376 e. The summed E-state index contributed by atoms with van der Waals surface area (Å²) in [6.45, 7) is 20.5. The van der Waals surface area contributed by atoms with Gasteiger partial charge in [-0.2, -0.15) is 0 Å². The van der Waals surface area contributed by atoms with Crippen LogP contribution in [-0.4, -0.2) is 67.8 Å². The van der Waals surface area contributed by atoms with Gasteiger partial charge in [-0.1, -0.05) is 0 Å². The van der Waals surface area contributed by atoms with Crippen molar-refractivity contribution >= 4 is 0 Å². The molecule has 162 valence electrons. The van der Waals surface area contributed by atoms with Gasteiger partial charge in [-0.25, -0.2) is 0 Å². The average Bonchev–Trinajstić information content (AvgIpc) is 2.49. The zero-order chi connectivity index (χ0) is 20.7. The second kappa shape index (κ2) is 11.7. The first-order valence-electron chi connectivity index (χ1n) is 10.4. The molecule has 27 heavy (non-hydrogen) atoms. The lowest BCUT2D eigenvalue weighted by Gasteiger charge is -2.47. The molecule has 5 unspecified atom stereocenters. The van der Waals surface area contributed by atoms with Crippen LogP contribution in [-0.2, 0) is 28.4 Å². The van der Waals surface area contributed by atoms with E-state index in [-0.39, 0.29) is 54.9 Å². The topological polar surface area (TPSA) is 55.4 Å². The molecule has 1 aliphatic heterocycles. The highest BCUT2D eigenvalue weighted by atomic mass is 16.7. The Labute approximate surface area is 166 Å². The number of ether oxygens (including phenoxy) is 6. The smallest absolute Gasteiger partial charge is 0.187 e. The molecule has 0 bridgehead atoms. The van der Waals surface area contributed by atoms with Gasteiger partial charge in [0.1, 0.15) is 24.4 Å². The highest BCUT2D eigenvalue weighted by Crippen LogP contribution is 2.32. The maximum atomic E-state index is 6.31. The first-order chi connectivity index (χ1) is 12.5. The zero-order valence-corrected chi connectivity index (χ0v) is 18.9. The molecule has 1 fully saturated rings. The standard InChI is InChI=1S/C21H42O6/c1-12(2)22-11-17-18(23-13(3)4)19(24-14(5)6)20(25-15(7)8)21(27-17)26-16(9)10/h12-21H,11H2,1-10H3. The van der Waals surface area contributed by atoms with Crippen molar-refractivity contribution in [3.63, 3.8) is 0 Å². The normalized spacial score (nSPS) is 29.7. The fourth-order valence-electron chi connectivity index (χ4n) is 3.08. The maximum Gasteiger partial charge on any atom is 0.187 e. The zero-order valence-electron chi connectivity index (χ0n) is 18.9. The summed E-state index contributed by atoms with van der Waals surface area (Å²) in [6, 6.07) is 0. The summed E-state index contributed by atoms with van der Waals surface area (Å²) in [7, 11) is 0. The third kappa shape index (κ3) is 8.75. The molecule has 1 saturated heterocycles. The summed E-state index contributed by atoms with van der Waals surface area (Å²) in [4.78, 5) is 0. The van der Waals surface area contributed by atoms with E-state index in [4.69, 9.17) is 28.4 Å². The van der Waals surface area contributed by atoms with Crippen molar-refractivity contribution in [1.82, 2.24) is 0 Å². The quantitative estimate of drug-likeness (QED) is 0.533. The Bertz CT molecular complexity index is 396. The molecule has 1 heterocycles. The van der Waals surface area contributed by atoms with Gasteiger partial charge in [0.05, 0.1) is 37.1 Å². The van der Waals surface area contributed by atoms with Crippen LogP contribution in [0.5, 0.6) is 0 Å². The van der Waals surface area contributed by atoms with Crippen molar-refractivity contribution in [3.05, 3.63) is 0 Å². The lowest BCUT2D eigenvalue weighted by molar-refractivity contribution is -0.340. The Morgan fingerprint density at radius 1 is 0.556 bits per heavy atom. The van der Waals surface area contributed by atoms with Gasteiger partial charge >= 0.3 is 0 Å². The van der Waals surface area contributed by atoms with Crippen LogP contribution < -0.4 is 0 Å². The van der Waals surface area contributed by atoms with Crippen molar-refractivity contribution < 1.29 is 28.4 Å². The third-order valence-corrected chi connectivity index (χ3v) is 3.88. The van der Waals surface area contributed by atoms with Crippen molar-refractivity contribution in [2.24, 2.45) is 0 Å². The third-order valence-electron chi connectivity index (χ3n) is 3.88. The monoisotopic (exact) mass is 390 g/mol. The average molecular weight is 391 g/mol. The molecule has 6 heteroatoms. The molecule has 0 N–H and O–H groups in total. The van der Waals surface area contributed by atoms with Crippen LogP contribution in [0.2, 0.25) is 0 Å². The molecule has 5 atom stereocenters. The van der Waals surface area contributed by atoms with E-state index in [1.54, 1.807) is 0 Å². The second-order valence-electron chi connectivity index (χ2n) is 8.56. The summed E-state index contributed by atoms with van der Waals surface area (Å²) < 4.78 is 37.0. The summed E-state index contributed by atoms with van der Waals surface area (Å²) in [6.07, 6.45) is -1.66. The van der Waals surface area contributed by atoms with Gasteiger partial charge in [0.25, 0.3) is 0 Å². The lowest BCUT2D eigenvalue weighted by Crippen LogP contribution is -2.63. The van der Waals surface area contributed by atoms with Gasteiger partial charge < -0.3 is 28.4 Å². The van der Waals surface area contributed by atoms with E-state index in [0.29, 0.717) is 6.61 Å². The minimum atomic E-state index is -0.538. The van der Waals surface area contributed by atoms with Gasteiger partial charge in [-0.05, 0) is 69.2 Å². The minimum absolute atomic E-state index is 0.00203. The van der Waals surface area contributed by atoms with Crippen LogP contribution in [0.4, 0.5) is 0 Å².